The fourth-order valence-electron chi connectivity index (χ4n) is 3.24. The number of ether oxygens (including phenoxy) is 2. The van der Waals surface area contributed by atoms with Crippen LogP contribution in [0, 0.1) is 0 Å². The van der Waals surface area contributed by atoms with Crippen molar-refractivity contribution >= 4 is 28.9 Å². The first-order valence-electron chi connectivity index (χ1n) is 10.3. The number of nitrogens with one attached hydrogen (secondary N) is 1. The van der Waals surface area contributed by atoms with Gasteiger partial charge in [-0.05, 0) is 56.2 Å². The Morgan fingerprint density at radius 1 is 1.06 bits per heavy atom. The highest BCUT2D eigenvalue weighted by Crippen LogP contribution is 2.34. The Morgan fingerprint density at radius 3 is 2.34 bits per heavy atom. The number of rotatable bonds is 8. The number of thioether (sulfide) groups is 1. The Bertz CT molecular complexity index is 1030. The molecule has 1 aliphatic rings. The summed E-state index contributed by atoms with van der Waals surface area (Å²) in [6, 6.07) is 13.8. The highest BCUT2D eigenvalue weighted by atomic mass is 32.2. The van der Waals surface area contributed by atoms with Crippen LogP contribution in [-0.2, 0) is 15.3 Å². The van der Waals surface area contributed by atoms with Crippen LogP contribution in [0.1, 0.15) is 48.3 Å². The molecule has 1 heterocycles. The normalized spacial score (nSPS) is 15.6. The average Bonchev–Trinajstić information content (AvgIpc) is 2.78. The summed E-state index contributed by atoms with van der Waals surface area (Å²) in [5, 5.41) is 12.9. The number of carboxylic acid groups (broad SMARTS) is 1. The molecule has 0 bridgehead atoms. The Labute approximate surface area is 191 Å². The van der Waals surface area contributed by atoms with Crippen molar-refractivity contribution in [2.75, 3.05) is 13.2 Å². The van der Waals surface area contributed by atoms with E-state index in [2.05, 4.69) is 5.32 Å². The van der Waals surface area contributed by atoms with Crippen LogP contribution >= 0.6 is 11.8 Å². The van der Waals surface area contributed by atoms with Crippen molar-refractivity contribution in [3.63, 3.8) is 0 Å². The zero-order valence-electron chi connectivity index (χ0n) is 18.3. The number of esters is 1. The van der Waals surface area contributed by atoms with Crippen molar-refractivity contribution in [3.8, 4) is 5.75 Å². The fraction of sp³-hybridized carbons (Fsp3) is 0.292. The van der Waals surface area contributed by atoms with Crippen LogP contribution in [-0.4, -0.2) is 35.4 Å². The van der Waals surface area contributed by atoms with Crippen molar-refractivity contribution in [3.05, 3.63) is 76.5 Å². The number of aliphatic imine (C=N–C) groups is 1. The van der Waals surface area contributed by atoms with Gasteiger partial charge in [0.25, 0.3) is 0 Å². The molecule has 7 nitrogen and oxygen atoms in total. The molecule has 2 N–H and O–H groups in total. The van der Waals surface area contributed by atoms with Gasteiger partial charge in [0, 0.05) is 11.4 Å². The topological polar surface area (TPSA) is 97.2 Å². The van der Waals surface area contributed by atoms with Gasteiger partial charge in [0.2, 0.25) is 0 Å². The standard InChI is InChI=1S/C24H26N2O5S/c1-4-30-19-12-10-17(11-13-19)21-20(23(29)31-5-2)15(3)25-24(26-21)32-14-16-6-8-18(9-7-16)22(27)28/h6-13,21H,4-5,14H2,1-3H3,(H,25,26)(H,27,28)/t21-/m1/s1. The molecule has 0 aromatic heterocycles. The lowest BCUT2D eigenvalue weighted by atomic mass is 9.96. The van der Waals surface area contributed by atoms with E-state index in [-0.39, 0.29) is 12.2 Å². The summed E-state index contributed by atoms with van der Waals surface area (Å²) in [6.45, 7) is 6.39. The molecule has 8 heteroatoms. The molecule has 32 heavy (non-hydrogen) atoms. The van der Waals surface area contributed by atoms with Crippen molar-refractivity contribution in [1.82, 2.24) is 5.32 Å². The number of allylic oxidation sites excluding steroid dienone is 1. The van der Waals surface area contributed by atoms with Gasteiger partial charge in [-0.15, -0.1) is 0 Å². The first-order chi connectivity index (χ1) is 15.4. The van der Waals surface area contributed by atoms with Crippen molar-refractivity contribution < 1.29 is 24.2 Å². The third kappa shape index (κ3) is 5.70. The summed E-state index contributed by atoms with van der Waals surface area (Å²) in [6.07, 6.45) is 0. The molecule has 2 aromatic carbocycles. The predicted molar refractivity (Wildman–Crippen MR) is 125 cm³/mol. The number of hydrogen-bond acceptors (Lipinski definition) is 7. The van der Waals surface area contributed by atoms with E-state index in [1.807, 2.05) is 38.1 Å². The number of nitrogens with zero attached hydrogens (tertiary/aromatic N) is 1. The van der Waals surface area contributed by atoms with Crippen molar-refractivity contribution in [1.29, 1.82) is 0 Å². The maximum absolute atomic E-state index is 12.7. The first kappa shape index (κ1) is 23.4. The van der Waals surface area contributed by atoms with Crippen molar-refractivity contribution in [2.45, 2.75) is 32.6 Å². The summed E-state index contributed by atoms with van der Waals surface area (Å²) < 4.78 is 10.8. The minimum absolute atomic E-state index is 0.250. The number of amidine groups is 1. The summed E-state index contributed by atoms with van der Waals surface area (Å²) >= 11 is 1.49. The Balaban J connectivity index is 1.83. The second-order valence-corrected chi connectivity index (χ2v) is 7.98. The van der Waals surface area contributed by atoms with Crippen LogP contribution in [0.25, 0.3) is 0 Å². The van der Waals surface area contributed by atoms with Crippen LogP contribution in [0.15, 0.2) is 64.8 Å². The van der Waals surface area contributed by atoms with Gasteiger partial charge in [-0.25, -0.2) is 14.6 Å². The average molecular weight is 455 g/mol. The van der Waals surface area contributed by atoms with E-state index >= 15 is 0 Å². The summed E-state index contributed by atoms with van der Waals surface area (Å²) in [5.41, 5.74) is 3.26. The van der Waals surface area contributed by atoms with Crippen LogP contribution < -0.4 is 10.1 Å². The Kier molecular flexibility index (Phi) is 7.94. The molecule has 0 radical (unpaired) electrons. The number of benzene rings is 2. The number of carbonyl (C=O) groups excluding carboxylic acids is 1. The van der Waals surface area contributed by atoms with Gasteiger partial charge in [0.15, 0.2) is 5.17 Å². The molecule has 0 saturated heterocycles. The number of aromatic carboxylic acids is 1. The van der Waals surface area contributed by atoms with E-state index in [1.54, 1.807) is 31.2 Å². The van der Waals surface area contributed by atoms with Gasteiger partial charge < -0.3 is 19.9 Å². The summed E-state index contributed by atoms with van der Waals surface area (Å²) in [7, 11) is 0. The molecule has 0 aliphatic carbocycles. The zero-order chi connectivity index (χ0) is 23.1. The molecule has 2 aromatic rings. The smallest absolute Gasteiger partial charge is 0.338 e. The van der Waals surface area contributed by atoms with Gasteiger partial charge in [-0.3, -0.25) is 0 Å². The quantitative estimate of drug-likeness (QED) is 0.565. The molecule has 3 rings (SSSR count). The zero-order valence-corrected chi connectivity index (χ0v) is 19.1. The molecule has 1 aliphatic heterocycles. The number of hydrogen-bond donors (Lipinski definition) is 2. The largest absolute Gasteiger partial charge is 0.494 e. The van der Waals surface area contributed by atoms with Gasteiger partial charge in [0.1, 0.15) is 11.8 Å². The molecule has 0 saturated carbocycles. The van der Waals surface area contributed by atoms with Gasteiger partial charge in [-0.1, -0.05) is 36.0 Å². The molecule has 0 fully saturated rings. The predicted octanol–water partition coefficient (Wildman–Crippen LogP) is 4.55. The van der Waals surface area contributed by atoms with Crippen molar-refractivity contribution in [2.24, 2.45) is 4.99 Å². The Hall–Kier alpha value is -3.26. The maximum atomic E-state index is 12.7. The van der Waals surface area contributed by atoms with Crippen LogP contribution in [0.2, 0.25) is 0 Å². The third-order valence-electron chi connectivity index (χ3n) is 4.80. The second kappa shape index (κ2) is 10.9. The van der Waals surface area contributed by atoms with E-state index in [4.69, 9.17) is 19.6 Å². The molecule has 0 amide bonds. The Morgan fingerprint density at radius 2 is 1.75 bits per heavy atom. The van der Waals surface area contributed by atoms with Crippen LogP contribution in [0.4, 0.5) is 0 Å². The summed E-state index contributed by atoms with van der Waals surface area (Å²) in [4.78, 5) is 28.5. The molecule has 168 valence electrons. The monoisotopic (exact) mass is 454 g/mol. The van der Waals surface area contributed by atoms with E-state index in [1.165, 1.54) is 11.8 Å². The minimum atomic E-state index is -0.951. The molecule has 1 atom stereocenters. The van der Waals surface area contributed by atoms with E-state index < -0.39 is 18.0 Å². The maximum Gasteiger partial charge on any atom is 0.338 e. The third-order valence-corrected chi connectivity index (χ3v) is 5.76. The SMILES string of the molecule is CCOC(=O)C1=C(C)NC(SCc2ccc(C(=O)O)cc2)=N[C@@H]1c1ccc(OCC)cc1. The number of carbonyl (C=O) groups is 2. The molecular formula is C24H26N2O5S. The molecular weight excluding hydrogens is 428 g/mol. The number of carboxylic acids is 1. The summed E-state index contributed by atoms with van der Waals surface area (Å²) in [5.74, 6) is 0.0115. The lowest BCUT2D eigenvalue weighted by Crippen LogP contribution is -2.30. The second-order valence-electron chi connectivity index (χ2n) is 7.01. The lowest BCUT2D eigenvalue weighted by molar-refractivity contribution is -0.138. The van der Waals surface area contributed by atoms with Gasteiger partial charge >= 0.3 is 11.9 Å². The van der Waals surface area contributed by atoms with E-state index in [0.717, 1.165) is 16.9 Å². The highest BCUT2D eigenvalue weighted by Gasteiger charge is 2.30. The van der Waals surface area contributed by atoms with E-state index in [0.29, 0.717) is 28.8 Å². The first-order valence-corrected chi connectivity index (χ1v) is 11.3. The van der Waals surface area contributed by atoms with Gasteiger partial charge in [0.05, 0.1) is 24.4 Å². The van der Waals surface area contributed by atoms with E-state index in [9.17, 15) is 9.59 Å². The van der Waals surface area contributed by atoms with Gasteiger partial charge in [-0.2, -0.15) is 0 Å². The molecule has 0 unspecified atom stereocenters. The van der Waals surface area contributed by atoms with Crippen LogP contribution in [0.3, 0.4) is 0 Å². The van der Waals surface area contributed by atoms with Crippen LogP contribution in [0.5, 0.6) is 5.75 Å². The minimum Gasteiger partial charge on any atom is -0.494 e. The lowest BCUT2D eigenvalue weighted by Gasteiger charge is -2.26. The highest BCUT2D eigenvalue weighted by molar-refractivity contribution is 8.13. The molecule has 0 spiro atoms. The fourth-order valence-corrected chi connectivity index (χ4v) is 4.14.